The first kappa shape index (κ1) is 18.7. The summed E-state index contributed by atoms with van der Waals surface area (Å²) in [5.41, 5.74) is 5.10. The highest BCUT2D eigenvalue weighted by Gasteiger charge is 2.53. The van der Waals surface area contributed by atoms with Gasteiger partial charge in [0.15, 0.2) is 11.9 Å². The molecule has 0 amide bonds. The van der Waals surface area contributed by atoms with Crippen LogP contribution in [0.25, 0.3) is 0 Å². The molecule has 1 aliphatic carbocycles. The Bertz CT molecular complexity index is 953. The second kappa shape index (κ2) is 6.63. The van der Waals surface area contributed by atoms with Crippen molar-refractivity contribution in [3.63, 3.8) is 0 Å². The molecule has 1 fully saturated rings. The van der Waals surface area contributed by atoms with Crippen LogP contribution in [0.15, 0.2) is 57.5 Å². The molecule has 3 aliphatic heterocycles. The van der Waals surface area contributed by atoms with Gasteiger partial charge in [-0.2, -0.15) is 10.2 Å². The van der Waals surface area contributed by atoms with Gasteiger partial charge in [0.2, 0.25) is 0 Å². The fraction of sp³-hybridized carbons (Fsp3) is 0.542. The van der Waals surface area contributed by atoms with Crippen molar-refractivity contribution in [1.82, 2.24) is 5.32 Å². The number of nitrogens with one attached hydrogen (secondary N) is 1. The number of carbonyl (C=O) groups excluding carboxylic acids is 1. The van der Waals surface area contributed by atoms with Gasteiger partial charge in [-0.25, -0.2) is 0 Å². The lowest BCUT2D eigenvalue weighted by atomic mass is 9.58. The number of fused-ring (bicyclic) bond motifs is 1. The SMILES string of the molecule is CC[C@@]1(c2cccc([C@@H]3CCOC3)c2)C2=CN=NC2NC2=C1C(=O)CC(C)(C)C2. The van der Waals surface area contributed by atoms with Gasteiger partial charge in [-0.15, -0.1) is 0 Å². The molecular formula is C24H29N3O2. The summed E-state index contributed by atoms with van der Waals surface area (Å²) in [6.07, 6.45) is 5.03. The van der Waals surface area contributed by atoms with Crippen LogP contribution >= 0.6 is 0 Å². The van der Waals surface area contributed by atoms with Crippen LogP contribution in [-0.2, 0) is 14.9 Å². The second-order valence-corrected chi connectivity index (χ2v) is 9.60. The van der Waals surface area contributed by atoms with Crippen LogP contribution in [0.1, 0.15) is 63.5 Å². The second-order valence-electron chi connectivity index (χ2n) is 9.60. The van der Waals surface area contributed by atoms with Crippen LogP contribution in [0.3, 0.4) is 0 Å². The molecule has 4 aliphatic rings. The molecule has 1 aromatic carbocycles. The number of hydrogen-bond donors (Lipinski definition) is 1. The van der Waals surface area contributed by atoms with Crippen molar-refractivity contribution in [2.75, 3.05) is 13.2 Å². The summed E-state index contributed by atoms with van der Waals surface area (Å²) in [5.74, 6) is 0.689. The van der Waals surface area contributed by atoms with Crippen molar-refractivity contribution in [3.05, 3.63) is 58.4 Å². The van der Waals surface area contributed by atoms with E-state index in [4.69, 9.17) is 4.74 Å². The molecule has 1 N–H and O–H groups in total. The summed E-state index contributed by atoms with van der Waals surface area (Å²) in [6, 6.07) is 8.83. The van der Waals surface area contributed by atoms with Gasteiger partial charge in [-0.3, -0.25) is 4.79 Å². The van der Waals surface area contributed by atoms with Gasteiger partial charge in [0.05, 0.1) is 18.2 Å². The van der Waals surface area contributed by atoms with E-state index in [1.807, 2.05) is 6.20 Å². The molecule has 0 radical (unpaired) electrons. The summed E-state index contributed by atoms with van der Waals surface area (Å²) in [4.78, 5) is 13.5. The monoisotopic (exact) mass is 391 g/mol. The minimum atomic E-state index is -0.461. The van der Waals surface area contributed by atoms with E-state index in [1.54, 1.807) is 0 Å². The van der Waals surface area contributed by atoms with Gasteiger partial charge in [-0.1, -0.05) is 45.0 Å². The van der Waals surface area contributed by atoms with E-state index in [0.29, 0.717) is 12.3 Å². The lowest BCUT2D eigenvalue weighted by Crippen LogP contribution is -2.51. The summed E-state index contributed by atoms with van der Waals surface area (Å²) >= 11 is 0. The first-order valence-corrected chi connectivity index (χ1v) is 10.8. The number of carbonyl (C=O) groups is 1. The number of allylic oxidation sites excluding steroid dienone is 2. The third-order valence-corrected chi connectivity index (χ3v) is 7.09. The summed E-state index contributed by atoms with van der Waals surface area (Å²) in [5, 5.41) is 12.2. The van der Waals surface area contributed by atoms with E-state index < -0.39 is 5.41 Å². The molecule has 0 saturated carbocycles. The molecule has 0 bridgehead atoms. The fourth-order valence-electron chi connectivity index (χ4n) is 5.75. The molecule has 0 spiro atoms. The van der Waals surface area contributed by atoms with Crippen molar-refractivity contribution < 1.29 is 9.53 Å². The number of azo groups is 1. The number of benzene rings is 1. The quantitative estimate of drug-likeness (QED) is 0.808. The number of rotatable bonds is 3. The minimum Gasteiger partial charge on any atom is -0.381 e. The molecule has 5 heteroatoms. The van der Waals surface area contributed by atoms with Gasteiger partial charge in [0.1, 0.15) is 0 Å². The van der Waals surface area contributed by atoms with E-state index in [-0.39, 0.29) is 17.4 Å². The molecular weight excluding hydrogens is 362 g/mol. The number of Topliss-reactive ketones (excluding diaryl/α,β-unsaturated/α-hetero) is 1. The van der Waals surface area contributed by atoms with Gasteiger partial charge in [0, 0.05) is 35.8 Å². The highest BCUT2D eigenvalue weighted by atomic mass is 16.5. The Labute approximate surface area is 172 Å². The van der Waals surface area contributed by atoms with Crippen LogP contribution < -0.4 is 5.32 Å². The van der Waals surface area contributed by atoms with E-state index in [9.17, 15) is 4.79 Å². The molecule has 5 rings (SSSR count). The smallest absolute Gasteiger partial charge is 0.164 e. The van der Waals surface area contributed by atoms with E-state index in [0.717, 1.165) is 49.3 Å². The number of ketones is 1. The van der Waals surface area contributed by atoms with Crippen molar-refractivity contribution in [2.45, 2.75) is 64.0 Å². The largest absolute Gasteiger partial charge is 0.381 e. The van der Waals surface area contributed by atoms with Crippen LogP contribution in [0.2, 0.25) is 0 Å². The van der Waals surface area contributed by atoms with Crippen molar-refractivity contribution >= 4 is 5.78 Å². The minimum absolute atomic E-state index is 0.0393. The molecule has 0 aromatic heterocycles. The van der Waals surface area contributed by atoms with Gasteiger partial charge >= 0.3 is 0 Å². The maximum Gasteiger partial charge on any atom is 0.164 e. The Hall–Kier alpha value is -2.27. The standard InChI is InChI=1S/C24H29N3O2/c1-4-24(17-7-5-6-15(10-17)16-8-9-29-14-16)18-13-25-27-22(18)26-19-11-23(2,3)12-20(28)21(19)24/h5-7,10,13,16,22,26H,4,8-9,11-12,14H2,1-3H3/t16-,22?,24-/m1/s1. The Morgan fingerprint density at radius 2 is 2.14 bits per heavy atom. The predicted octanol–water partition coefficient (Wildman–Crippen LogP) is 4.76. The highest BCUT2D eigenvalue weighted by molar-refractivity contribution is 6.01. The Balaban J connectivity index is 1.70. The molecule has 3 atom stereocenters. The summed E-state index contributed by atoms with van der Waals surface area (Å²) < 4.78 is 5.63. The van der Waals surface area contributed by atoms with Crippen molar-refractivity contribution in [1.29, 1.82) is 0 Å². The maximum absolute atomic E-state index is 13.5. The number of nitrogens with zero attached hydrogens (tertiary/aromatic N) is 2. The predicted molar refractivity (Wildman–Crippen MR) is 111 cm³/mol. The van der Waals surface area contributed by atoms with Gasteiger partial charge in [0.25, 0.3) is 0 Å². The summed E-state index contributed by atoms with van der Waals surface area (Å²) in [7, 11) is 0. The van der Waals surface area contributed by atoms with Crippen molar-refractivity contribution in [3.8, 4) is 0 Å². The topological polar surface area (TPSA) is 63.1 Å². The van der Waals surface area contributed by atoms with Gasteiger partial charge in [-0.05, 0) is 35.8 Å². The zero-order valence-corrected chi connectivity index (χ0v) is 17.5. The molecule has 5 nitrogen and oxygen atoms in total. The van der Waals surface area contributed by atoms with E-state index >= 15 is 0 Å². The molecule has 3 heterocycles. The fourth-order valence-corrected chi connectivity index (χ4v) is 5.75. The first-order chi connectivity index (χ1) is 13.9. The molecule has 152 valence electrons. The average Bonchev–Trinajstić information content (AvgIpc) is 3.37. The van der Waals surface area contributed by atoms with Crippen LogP contribution in [0.5, 0.6) is 0 Å². The highest BCUT2D eigenvalue weighted by Crippen LogP contribution is 2.53. The zero-order chi connectivity index (χ0) is 20.2. The lowest BCUT2D eigenvalue weighted by molar-refractivity contribution is -0.119. The van der Waals surface area contributed by atoms with E-state index in [1.165, 1.54) is 11.1 Å². The van der Waals surface area contributed by atoms with Crippen LogP contribution in [-0.4, -0.2) is 25.2 Å². The number of hydrogen-bond acceptors (Lipinski definition) is 5. The maximum atomic E-state index is 13.5. The zero-order valence-electron chi connectivity index (χ0n) is 17.5. The first-order valence-electron chi connectivity index (χ1n) is 10.8. The molecule has 1 saturated heterocycles. The van der Waals surface area contributed by atoms with Crippen LogP contribution in [0.4, 0.5) is 0 Å². The van der Waals surface area contributed by atoms with Crippen molar-refractivity contribution in [2.24, 2.45) is 15.6 Å². The Kier molecular flexibility index (Phi) is 4.28. The Morgan fingerprint density at radius 3 is 2.90 bits per heavy atom. The Morgan fingerprint density at radius 1 is 1.28 bits per heavy atom. The van der Waals surface area contributed by atoms with Crippen LogP contribution in [0, 0.1) is 5.41 Å². The lowest BCUT2D eigenvalue weighted by Gasteiger charge is -2.48. The molecule has 29 heavy (non-hydrogen) atoms. The third kappa shape index (κ3) is 2.82. The normalized spacial score (nSPS) is 32.7. The van der Waals surface area contributed by atoms with Gasteiger partial charge < -0.3 is 10.1 Å². The molecule has 1 aromatic rings. The summed E-state index contributed by atoms with van der Waals surface area (Å²) in [6.45, 7) is 8.13. The average molecular weight is 392 g/mol. The number of ether oxygens (including phenoxy) is 1. The molecule has 1 unspecified atom stereocenters. The van der Waals surface area contributed by atoms with E-state index in [2.05, 4.69) is 60.6 Å². The third-order valence-electron chi connectivity index (χ3n) is 7.09.